The highest BCUT2D eigenvalue weighted by molar-refractivity contribution is 6.03. The van der Waals surface area contributed by atoms with Gasteiger partial charge < -0.3 is 10.6 Å². The van der Waals surface area contributed by atoms with E-state index < -0.39 is 11.3 Å². The minimum Gasteiger partial charge on any atom is -0.355 e. The molecule has 0 saturated carbocycles. The van der Waals surface area contributed by atoms with Crippen molar-refractivity contribution in [3.8, 4) is 5.69 Å². The van der Waals surface area contributed by atoms with Gasteiger partial charge in [0.15, 0.2) is 5.69 Å². The number of amides is 2. The first kappa shape index (κ1) is 18.1. The molecule has 2 N–H and O–H groups in total. The van der Waals surface area contributed by atoms with Gasteiger partial charge in [0.1, 0.15) is 0 Å². The highest BCUT2D eigenvalue weighted by atomic mass is 16.2. The van der Waals surface area contributed by atoms with Crippen LogP contribution < -0.4 is 16.1 Å². The lowest BCUT2D eigenvalue weighted by Crippen LogP contribution is -2.27. The molecule has 3 aromatic rings. The van der Waals surface area contributed by atoms with E-state index in [9.17, 15) is 14.4 Å². The average Bonchev–Trinajstić information content (AvgIpc) is 2.68. The predicted octanol–water partition coefficient (Wildman–Crippen LogP) is 2.15. The first-order valence-corrected chi connectivity index (χ1v) is 8.29. The number of aryl methyl sites for hydroxylation is 1. The van der Waals surface area contributed by atoms with E-state index >= 15 is 0 Å². The van der Waals surface area contributed by atoms with Crippen LogP contribution in [0.4, 0.5) is 5.69 Å². The molecule has 0 spiro atoms. The van der Waals surface area contributed by atoms with Gasteiger partial charge in [-0.25, -0.2) is 4.68 Å². The fraction of sp³-hybridized carbons (Fsp3) is 0.100. The van der Waals surface area contributed by atoms with Crippen LogP contribution in [-0.4, -0.2) is 28.6 Å². The predicted molar refractivity (Wildman–Crippen MR) is 102 cm³/mol. The Labute approximate surface area is 155 Å². The molecule has 27 heavy (non-hydrogen) atoms. The van der Waals surface area contributed by atoms with Gasteiger partial charge in [0.2, 0.25) is 5.43 Å². The van der Waals surface area contributed by atoms with Gasteiger partial charge >= 0.3 is 0 Å². The van der Waals surface area contributed by atoms with Gasteiger partial charge in [-0.05, 0) is 43.3 Å². The lowest BCUT2D eigenvalue weighted by Gasteiger charge is -2.11. The van der Waals surface area contributed by atoms with Crippen LogP contribution in [0, 0.1) is 6.92 Å². The summed E-state index contributed by atoms with van der Waals surface area (Å²) in [5.74, 6) is -0.837. The number of para-hydroxylation sites is 1. The minimum atomic E-state index is -0.614. The van der Waals surface area contributed by atoms with Gasteiger partial charge in [0.05, 0.1) is 5.69 Å². The molecular weight excluding hydrogens is 344 g/mol. The number of benzene rings is 2. The Kier molecular flexibility index (Phi) is 5.12. The third-order valence-corrected chi connectivity index (χ3v) is 3.96. The van der Waals surface area contributed by atoms with Crippen molar-refractivity contribution in [2.75, 3.05) is 12.4 Å². The summed E-state index contributed by atoms with van der Waals surface area (Å²) in [7, 11) is 1.54. The second-order valence-electron chi connectivity index (χ2n) is 5.86. The third-order valence-electron chi connectivity index (χ3n) is 3.96. The molecule has 136 valence electrons. The van der Waals surface area contributed by atoms with Gasteiger partial charge in [0.25, 0.3) is 11.8 Å². The van der Waals surface area contributed by atoms with Crippen molar-refractivity contribution < 1.29 is 9.59 Å². The van der Waals surface area contributed by atoms with Crippen LogP contribution in [0.3, 0.4) is 0 Å². The van der Waals surface area contributed by atoms with E-state index in [1.165, 1.54) is 6.07 Å². The van der Waals surface area contributed by atoms with E-state index in [4.69, 9.17) is 0 Å². The molecule has 1 heterocycles. The molecule has 0 aliphatic carbocycles. The van der Waals surface area contributed by atoms with Crippen molar-refractivity contribution in [1.29, 1.82) is 0 Å². The Hall–Kier alpha value is -3.74. The molecule has 2 aromatic carbocycles. The molecular formula is C20H18N4O3. The maximum absolute atomic E-state index is 12.5. The second kappa shape index (κ2) is 7.65. The topological polar surface area (TPSA) is 93.1 Å². The first-order valence-electron chi connectivity index (χ1n) is 8.29. The fourth-order valence-corrected chi connectivity index (χ4v) is 2.57. The zero-order valence-electron chi connectivity index (χ0n) is 14.9. The quantitative estimate of drug-likeness (QED) is 0.744. The molecule has 1 aromatic heterocycles. The van der Waals surface area contributed by atoms with Crippen LogP contribution in [0.2, 0.25) is 0 Å². The molecule has 0 saturated heterocycles. The SMILES string of the molecule is CNC(=O)c1ccc(NC(=O)c2nn(-c3ccccc3)c(C)cc2=O)cc1. The van der Waals surface area contributed by atoms with Crippen molar-refractivity contribution in [3.05, 3.63) is 87.8 Å². The number of nitrogens with zero attached hydrogens (tertiary/aromatic N) is 2. The van der Waals surface area contributed by atoms with E-state index in [-0.39, 0.29) is 11.6 Å². The minimum absolute atomic E-state index is 0.208. The highest BCUT2D eigenvalue weighted by Crippen LogP contribution is 2.12. The van der Waals surface area contributed by atoms with Crippen LogP contribution in [0.5, 0.6) is 0 Å². The summed E-state index contributed by atoms with van der Waals surface area (Å²) in [4.78, 5) is 36.4. The highest BCUT2D eigenvalue weighted by Gasteiger charge is 2.16. The molecule has 0 aliphatic heterocycles. The molecule has 0 unspecified atom stereocenters. The van der Waals surface area contributed by atoms with E-state index in [1.807, 2.05) is 30.3 Å². The summed E-state index contributed by atoms with van der Waals surface area (Å²) in [5.41, 5.74) is 1.63. The summed E-state index contributed by atoms with van der Waals surface area (Å²) in [6.07, 6.45) is 0. The smallest absolute Gasteiger partial charge is 0.280 e. The van der Waals surface area contributed by atoms with Gasteiger partial charge in [0, 0.05) is 30.1 Å². The molecule has 0 atom stereocenters. The third kappa shape index (κ3) is 3.92. The standard InChI is InChI=1S/C20H18N4O3/c1-13-12-17(25)18(23-24(13)16-6-4-3-5-7-16)20(27)22-15-10-8-14(9-11-15)19(26)21-2/h3-12H,1-2H3,(H,21,26)(H,22,27). The Morgan fingerprint density at radius 2 is 1.63 bits per heavy atom. The molecule has 7 nitrogen and oxygen atoms in total. The van der Waals surface area contributed by atoms with Gasteiger partial charge in [-0.1, -0.05) is 18.2 Å². The molecule has 0 aliphatic rings. The zero-order valence-corrected chi connectivity index (χ0v) is 14.9. The number of anilines is 1. The van der Waals surface area contributed by atoms with Gasteiger partial charge in [-0.2, -0.15) is 5.10 Å². The van der Waals surface area contributed by atoms with Crippen molar-refractivity contribution in [3.63, 3.8) is 0 Å². The number of carbonyl (C=O) groups is 2. The molecule has 2 amide bonds. The Morgan fingerprint density at radius 3 is 2.26 bits per heavy atom. The van der Waals surface area contributed by atoms with Crippen LogP contribution in [0.1, 0.15) is 26.5 Å². The number of hydrogen-bond acceptors (Lipinski definition) is 4. The van der Waals surface area contributed by atoms with Crippen molar-refractivity contribution in [1.82, 2.24) is 15.1 Å². The molecule has 7 heteroatoms. The van der Waals surface area contributed by atoms with Crippen molar-refractivity contribution >= 4 is 17.5 Å². The van der Waals surface area contributed by atoms with E-state index in [1.54, 1.807) is 42.9 Å². The van der Waals surface area contributed by atoms with Crippen molar-refractivity contribution in [2.24, 2.45) is 0 Å². The summed E-state index contributed by atoms with van der Waals surface area (Å²) < 4.78 is 1.55. The van der Waals surface area contributed by atoms with Crippen LogP contribution >= 0.6 is 0 Å². The van der Waals surface area contributed by atoms with Crippen molar-refractivity contribution in [2.45, 2.75) is 6.92 Å². The lowest BCUT2D eigenvalue weighted by atomic mass is 10.2. The Bertz CT molecular complexity index is 1040. The Balaban J connectivity index is 1.89. The lowest BCUT2D eigenvalue weighted by molar-refractivity contribution is 0.0962. The summed E-state index contributed by atoms with van der Waals surface area (Å²) in [6.45, 7) is 1.75. The average molecular weight is 362 g/mol. The van der Waals surface area contributed by atoms with Gasteiger partial charge in [-0.15, -0.1) is 0 Å². The van der Waals surface area contributed by atoms with Gasteiger partial charge in [-0.3, -0.25) is 14.4 Å². The Morgan fingerprint density at radius 1 is 0.963 bits per heavy atom. The van der Waals surface area contributed by atoms with Crippen LogP contribution in [0.25, 0.3) is 5.69 Å². The number of hydrogen-bond donors (Lipinski definition) is 2. The molecule has 0 bridgehead atoms. The maximum atomic E-state index is 12.5. The number of aromatic nitrogens is 2. The summed E-state index contributed by atoms with van der Waals surface area (Å²) in [6, 6.07) is 17.0. The molecule has 0 fully saturated rings. The summed E-state index contributed by atoms with van der Waals surface area (Å²) in [5, 5.41) is 9.38. The number of rotatable bonds is 4. The van der Waals surface area contributed by atoms with Crippen LogP contribution in [-0.2, 0) is 0 Å². The number of carbonyl (C=O) groups excluding carboxylic acids is 2. The van der Waals surface area contributed by atoms with E-state index in [0.29, 0.717) is 16.9 Å². The largest absolute Gasteiger partial charge is 0.355 e. The zero-order chi connectivity index (χ0) is 19.4. The number of nitrogens with one attached hydrogen (secondary N) is 2. The first-order chi connectivity index (χ1) is 13.0. The fourth-order valence-electron chi connectivity index (χ4n) is 2.57. The van der Waals surface area contributed by atoms with Crippen LogP contribution in [0.15, 0.2) is 65.5 Å². The maximum Gasteiger partial charge on any atom is 0.280 e. The second-order valence-corrected chi connectivity index (χ2v) is 5.86. The monoisotopic (exact) mass is 362 g/mol. The molecule has 0 radical (unpaired) electrons. The summed E-state index contributed by atoms with van der Waals surface area (Å²) >= 11 is 0. The normalized spacial score (nSPS) is 10.3. The van der Waals surface area contributed by atoms with E-state index in [2.05, 4.69) is 15.7 Å². The van der Waals surface area contributed by atoms with E-state index in [0.717, 1.165) is 5.69 Å². The molecule has 3 rings (SSSR count).